The third-order valence-corrected chi connectivity index (χ3v) is 4.01. The van der Waals surface area contributed by atoms with Crippen LogP contribution in [0.15, 0.2) is 42.0 Å². The van der Waals surface area contributed by atoms with Gasteiger partial charge in [0.1, 0.15) is 6.61 Å². The average Bonchev–Trinajstić information content (AvgIpc) is 3.10. The molecule has 0 aliphatic heterocycles. The monoisotopic (exact) mass is 312 g/mol. The number of rotatable bonds is 5. The van der Waals surface area contributed by atoms with E-state index in [2.05, 4.69) is 10.2 Å². The summed E-state index contributed by atoms with van der Waals surface area (Å²) in [6, 6.07) is 11.9. The molecule has 3 rings (SSSR count). The molecule has 2 aromatic rings. The number of H-pyrrole nitrogens is 1. The molecule has 2 N–H and O–H groups in total. The lowest BCUT2D eigenvalue weighted by Gasteiger charge is -2.18. The highest BCUT2D eigenvalue weighted by Crippen LogP contribution is 2.33. The van der Waals surface area contributed by atoms with Crippen molar-refractivity contribution in [2.75, 3.05) is 13.2 Å². The number of allylic oxidation sites excluding steroid dienone is 1. The lowest BCUT2D eigenvalue weighted by molar-refractivity contribution is -0.140. The van der Waals surface area contributed by atoms with Crippen LogP contribution in [0.5, 0.6) is 0 Å². The van der Waals surface area contributed by atoms with Crippen LogP contribution in [0.1, 0.15) is 31.4 Å². The van der Waals surface area contributed by atoms with Crippen molar-refractivity contribution in [1.82, 2.24) is 10.2 Å². The van der Waals surface area contributed by atoms with Gasteiger partial charge in [-0.3, -0.25) is 5.10 Å². The second-order valence-electron chi connectivity index (χ2n) is 5.56. The third-order valence-electron chi connectivity index (χ3n) is 4.01. The van der Waals surface area contributed by atoms with E-state index >= 15 is 0 Å². The number of benzene rings is 1. The van der Waals surface area contributed by atoms with Gasteiger partial charge in [-0.15, -0.1) is 0 Å². The molecule has 5 nitrogen and oxygen atoms in total. The fraction of sp³-hybridized carbons (Fsp3) is 0.333. The first-order valence-electron chi connectivity index (χ1n) is 7.91. The first kappa shape index (κ1) is 15.5. The van der Waals surface area contributed by atoms with Crippen molar-refractivity contribution in [3.05, 3.63) is 47.7 Å². The van der Waals surface area contributed by atoms with Crippen molar-refractivity contribution in [2.45, 2.75) is 25.7 Å². The standard InChI is InChI=1S/C18H20N2O3/c21-10-11-23-18(22)15-9-5-4-8-14(15)17-12-16(19-20-17)13-6-2-1-3-7-13/h1-3,6-7,12,21H,4-5,8-11H2,(H,19,20). The number of carbonyl (C=O) groups excluding carboxylic acids is 1. The van der Waals surface area contributed by atoms with E-state index in [0.717, 1.165) is 41.8 Å². The first-order valence-corrected chi connectivity index (χ1v) is 7.91. The van der Waals surface area contributed by atoms with Gasteiger partial charge in [-0.2, -0.15) is 5.10 Å². The maximum atomic E-state index is 12.2. The molecule has 5 heteroatoms. The number of aliphatic hydroxyl groups excluding tert-OH is 1. The normalized spacial score (nSPS) is 14.8. The summed E-state index contributed by atoms with van der Waals surface area (Å²) in [5.74, 6) is -0.329. The molecule has 0 atom stereocenters. The predicted octanol–water partition coefficient (Wildman–Crippen LogP) is 2.94. The van der Waals surface area contributed by atoms with Gasteiger partial charge in [0.2, 0.25) is 0 Å². The van der Waals surface area contributed by atoms with E-state index in [4.69, 9.17) is 9.84 Å². The molecule has 1 aromatic carbocycles. The highest BCUT2D eigenvalue weighted by Gasteiger charge is 2.22. The van der Waals surface area contributed by atoms with Crippen molar-refractivity contribution < 1.29 is 14.6 Å². The summed E-state index contributed by atoms with van der Waals surface area (Å²) < 4.78 is 5.09. The Morgan fingerprint density at radius 1 is 1.22 bits per heavy atom. The second kappa shape index (κ2) is 7.24. The van der Waals surface area contributed by atoms with Crippen LogP contribution >= 0.6 is 0 Å². The Balaban J connectivity index is 1.90. The number of esters is 1. The highest BCUT2D eigenvalue weighted by atomic mass is 16.5. The molecular formula is C18H20N2O3. The van der Waals surface area contributed by atoms with Gasteiger partial charge in [0.25, 0.3) is 0 Å². The number of nitrogens with zero attached hydrogens (tertiary/aromatic N) is 1. The Hall–Kier alpha value is -2.40. The van der Waals surface area contributed by atoms with Gasteiger partial charge in [-0.25, -0.2) is 4.79 Å². The van der Waals surface area contributed by atoms with Crippen molar-refractivity contribution >= 4 is 11.5 Å². The highest BCUT2D eigenvalue weighted by molar-refractivity contribution is 5.97. The predicted molar refractivity (Wildman–Crippen MR) is 87.5 cm³/mol. The largest absolute Gasteiger partial charge is 0.460 e. The summed E-state index contributed by atoms with van der Waals surface area (Å²) in [6.07, 6.45) is 3.57. The van der Waals surface area contributed by atoms with Crippen LogP contribution in [-0.2, 0) is 9.53 Å². The summed E-state index contributed by atoms with van der Waals surface area (Å²) in [5.41, 5.74) is 4.46. The molecule has 1 aliphatic carbocycles. The summed E-state index contributed by atoms with van der Waals surface area (Å²) in [6.45, 7) is -0.121. The Morgan fingerprint density at radius 2 is 2.00 bits per heavy atom. The Bertz CT molecular complexity index is 704. The lowest BCUT2D eigenvalue weighted by Crippen LogP contribution is -2.15. The van der Waals surface area contributed by atoms with Crippen molar-refractivity contribution in [1.29, 1.82) is 0 Å². The van der Waals surface area contributed by atoms with E-state index in [1.54, 1.807) is 0 Å². The van der Waals surface area contributed by atoms with Gasteiger partial charge in [0, 0.05) is 11.1 Å². The van der Waals surface area contributed by atoms with E-state index < -0.39 is 0 Å². The Labute approximate surface area is 135 Å². The zero-order chi connectivity index (χ0) is 16.1. The molecule has 0 spiro atoms. The van der Waals surface area contributed by atoms with Gasteiger partial charge in [-0.05, 0) is 37.3 Å². The quantitative estimate of drug-likeness (QED) is 0.832. The molecule has 1 heterocycles. The maximum Gasteiger partial charge on any atom is 0.334 e. The number of carbonyl (C=O) groups is 1. The minimum atomic E-state index is -0.329. The Kier molecular flexibility index (Phi) is 4.88. The molecule has 0 saturated carbocycles. The molecule has 120 valence electrons. The number of aromatic amines is 1. The molecule has 0 bridgehead atoms. The van der Waals surface area contributed by atoms with Gasteiger partial charge in [0.05, 0.1) is 18.0 Å². The number of aromatic nitrogens is 2. The molecule has 1 aromatic heterocycles. The summed E-state index contributed by atoms with van der Waals surface area (Å²) in [5, 5.41) is 16.2. The fourth-order valence-corrected chi connectivity index (χ4v) is 2.89. The van der Waals surface area contributed by atoms with Crippen LogP contribution in [0.4, 0.5) is 0 Å². The maximum absolute atomic E-state index is 12.2. The molecule has 0 radical (unpaired) electrons. The van der Waals surface area contributed by atoms with E-state index in [1.807, 2.05) is 36.4 Å². The Morgan fingerprint density at radius 3 is 2.78 bits per heavy atom. The van der Waals surface area contributed by atoms with Crippen LogP contribution in [-0.4, -0.2) is 34.5 Å². The number of nitrogens with one attached hydrogen (secondary N) is 1. The molecule has 0 amide bonds. The smallest absolute Gasteiger partial charge is 0.334 e. The average molecular weight is 312 g/mol. The molecular weight excluding hydrogens is 292 g/mol. The van der Waals surface area contributed by atoms with E-state index in [0.29, 0.717) is 12.0 Å². The fourth-order valence-electron chi connectivity index (χ4n) is 2.89. The van der Waals surface area contributed by atoms with Crippen molar-refractivity contribution in [3.8, 4) is 11.3 Å². The van der Waals surface area contributed by atoms with Crippen LogP contribution < -0.4 is 0 Å². The molecule has 1 aliphatic rings. The number of aliphatic hydroxyl groups is 1. The van der Waals surface area contributed by atoms with E-state index in [1.165, 1.54) is 0 Å². The SMILES string of the molecule is O=C(OCCO)C1=C(c2cc(-c3ccccc3)n[nH]2)CCCC1. The topological polar surface area (TPSA) is 75.2 Å². The molecule has 0 saturated heterocycles. The lowest BCUT2D eigenvalue weighted by atomic mass is 9.89. The van der Waals surface area contributed by atoms with Gasteiger partial charge < -0.3 is 9.84 Å². The van der Waals surface area contributed by atoms with Crippen molar-refractivity contribution in [3.63, 3.8) is 0 Å². The molecule has 0 fully saturated rings. The van der Waals surface area contributed by atoms with Gasteiger partial charge in [0.15, 0.2) is 0 Å². The number of hydrogen-bond donors (Lipinski definition) is 2. The number of hydrogen-bond acceptors (Lipinski definition) is 4. The zero-order valence-corrected chi connectivity index (χ0v) is 12.9. The zero-order valence-electron chi connectivity index (χ0n) is 12.9. The van der Waals surface area contributed by atoms with Crippen LogP contribution in [0.3, 0.4) is 0 Å². The summed E-state index contributed by atoms with van der Waals surface area (Å²) in [7, 11) is 0. The second-order valence-corrected chi connectivity index (χ2v) is 5.56. The third kappa shape index (κ3) is 3.51. The minimum absolute atomic E-state index is 0.0356. The van der Waals surface area contributed by atoms with Crippen LogP contribution in [0.2, 0.25) is 0 Å². The van der Waals surface area contributed by atoms with Crippen LogP contribution in [0.25, 0.3) is 16.8 Å². The summed E-state index contributed by atoms with van der Waals surface area (Å²) >= 11 is 0. The van der Waals surface area contributed by atoms with E-state index in [-0.39, 0.29) is 19.2 Å². The first-order chi connectivity index (χ1) is 11.3. The van der Waals surface area contributed by atoms with Crippen LogP contribution in [0, 0.1) is 0 Å². The minimum Gasteiger partial charge on any atom is -0.460 e. The van der Waals surface area contributed by atoms with E-state index in [9.17, 15) is 4.79 Å². The van der Waals surface area contributed by atoms with Gasteiger partial charge >= 0.3 is 5.97 Å². The van der Waals surface area contributed by atoms with Gasteiger partial charge in [-0.1, -0.05) is 30.3 Å². The molecule has 23 heavy (non-hydrogen) atoms. The van der Waals surface area contributed by atoms with Crippen molar-refractivity contribution in [2.24, 2.45) is 0 Å². The summed E-state index contributed by atoms with van der Waals surface area (Å²) in [4.78, 5) is 12.2. The molecule has 0 unspecified atom stereocenters. The number of ether oxygens (including phenoxy) is 1.